The number of nitrogens with one attached hydrogen (secondary N) is 1. The summed E-state index contributed by atoms with van der Waals surface area (Å²) in [6, 6.07) is 16.7. The first-order chi connectivity index (χ1) is 18.0. The first kappa shape index (κ1) is 27.3. The van der Waals surface area contributed by atoms with Crippen LogP contribution in [0.4, 0.5) is 13.2 Å². The van der Waals surface area contributed by atoms with E-state index < -0.39 is 68.0 Å². The van der Waals surface area contributed by atoms with E-state index in [0.29, 0.717) is 11.1 Å². The largest absolute Gasteiger partial charge is 0.534 e. The first-order valence-electron chi connectivity index (χ1n) is 10.9. The number of carbonyl (C=O) groups excluding carboxylic acids is 3. The molecule has 9 nitrogen and oxygen atoms in total. The van der Waals surface area contributed by atoms with E-state index in [1.165, 1.54) is 0 Å². The Morgan fingerprint density at radius 1 is 1.08 bits per heavy atom. The van der Waals surface area contributed by atoms with E-state index in [-0.39, 0.29) is 0 Å². The van der Waals surface area contributed by atoms with Crippen LogP contribution in [0.1, 0.15) is 17.2 Å². The molecule has 2 aliphatic heterocycles. The number of nitrogens with zero attached hydrogens (tertiary/aromatic N) is 1. The molecule has 2 aromatic rings. The number of hydrogen-bond acceptors (Lipinski definition) is 8. The molecule has 2 unspecified atom stereocenters. The normalized spacial score (nSPS) is 19.4. The monoisotopic (exact) mass is 568 g/mol. The predicted octanol–water partition coefficient (Wildman–Crippen LogP) is 3.19. The average molecular weight is 569 g/mol. The molecule has 38 heavy (non-hydrogen) atoms. The molecule has 0 aliphatic carbocycles. The number of esters is 1. The van der Waals surface area contributed by atoms with Crippen LogP contribution in [0, 0.1) is 5.92 Å². The van der Waals surface area contributed by atoms with Crippen molar-refractivity contribution in [2.24, 2.45) is 5.92 Å². The third kappa shape index (κ3) is 5.13. The van der Waals surface area contributed by atoms with Gasteiger partial charge < -0.3 is 14.2 Å². The molecule has 0 saturated carbocycles. The number of β-lactam (4-membered cyclic amide) rings is 1. The number of rotatable bonds is 8. The summed E-state index contributed by atoms with van der Waals surface area (Å²) >= 11 is 0.759. The summed E-state index contributed by atoms with van der Waals surface area (Å²) in [5.74, 6) is -5.80. The summed E-state index contributed by atoms with van der Waals surface area (Å²) in [5, 5.41) is 1.24. The molecular weight excluding hydrogens is 549 g/mol. The second kappa shape index (κ2) is 10.5. The third-order valence-electron chi connectivity index (χ3n) is 5.58. The van der Waals surface area contributed by atoms with Gasteiger partial charge in [-0.25, -0.2) is 4.79 Å². The number of fused-ring (bicyclic) bond motifs is 1. The minimum absolute atomic E-state index is 0.498. The molecule has 1 saturated heterocycles. The lowest BCUT2D eigenvalue weighted by atomic mass is 9.95. The second-order valence-corrected chi connectivity index (χ2v) is 10.6. The topological polar surface area (TPSA) is 119 Å². The van der Waals surface area contributed by atoms with Gasteiger partial charge in [0.2, 0.25) is 11.8 Å². The average Bonchev–Trinajstić information content (AvgIpc) is 2.87. The number of halogens is 3. The smallest absolute Gasteiger partial charge is 0.448 e. The lowest BCUT2D eigenvalue weighted by Gasteiger charge is -2.48. The summed E-state index contributed by atoms with van der Waals surface area (Å²) in [6.45, 7) is 3.34. The minimum Gasteiger partial charge on any atom is -0.448 e. The van der Waals surface area contributed by atoms with Gasteiger partial charge in [0.15, 0.2) is 17.6 Å². The number of hydrogen-bond donors (Lipinski definition) is 1. The highest BCUT2D eigenvalue weighted by Crippen LogP contribution is 2.46. The van der Waals surface area contributed by atoms with Crippen LogP contribution < -0.4 is 5.32 Å². The molecule has 2 aliphatic rings. The van der Waals surface area contributed by atoms with Crippen LogP contribution in [0.15, 0.2) is 84.9 Å². The zero-order valence-corrected chi connectivity index (χ0v) is 20.9. The number of alkyl halides is 3. The number of ether oxygens (including phenoxy) is 1. The Morgan fingerprint density at radius 3 is 2.13 bits per heavy atom. The van der Waals surface area contributed by atoms with Gasteiger partial charge in [-0.1, -0.05) is 67.2 Å². The molecular formula is C24H19F3N2O7S2. The summed E-state index contributed by atoms with van der Waals surface area (Å²) < 4.78 is 72.8. The van der Waals surface area contributed by atoms with Gasteiger partial charge in [-0.3, -0.25) is 14.5 Å². The van der Waals surface area contributed by atoms with E-state index in [0.717, 1.165) is 22.9 Å². The Bertz CT molecular complexity index is 1360. The lowest BCUT2D eigenvalue weighted by molar-refractivity contribution is -0.160. The van der Waals surface area contributed by atoms with Crippen molar-refractivity contribution >= 4 is 39.7 Å². The quantitative estimate of drug-likeness (QED) is 0.170. The van der Waals surface area contributed by atoms with Crippen LogP contribution in [0.25, 0.3) is 0 Å². The Balaban J connectivity index is 1.75. The molecule has 0 aromatic heterocycles. The van der Waals surface area contributed by atoms with Gasteiger partial charge in [-0.05, 0) is 17.3 Å². The standard InChI is InChI=1S/C24H19F3N2O7S2/c1-2-28-20(30)17-21(31)29-18(16(13-37-22(17)29)36-38(33,34)24(25,26)27)23(32)35-19(14-9-5-3-6-10-14)15-11-7-4-8-12-15/h2-12,17,19,22H,1,13H2,(H,28,30). The summed E-state index contributed by atoms with van der Waals surface area (Å²) in [6.07, 6.45) is -0.0203. The van der Waals surface area contributed by atoms with E-state index in [2.05, 4.69) is 16.1 Å². The van der Waals surface area contributed by atoms with Crippen LogP contribution >= 0.6 is 11.8 Å². The van der Waals surface area contributed by atoms with Crippen molar-refractivity contribution in [1.29, 1.82) is 0 Å². The lowest BCUT2D eigenvalue weighted by Crippen LogP contribution is -2.65. The first-order valence-corrected chi connectivity index (χ1v) is 13.3. The van der Waals surface area contributed by atoms with E-state index in [1.807, 2.05) is 0 Å². The van der Waals surface area contributed by atoms with E-state index >= 15 is 0 Å². The summed E-state index contributed by atoms with van der Waals surface area (Å²) in [4.78, 5) is 39.4. The fourth-order valence-corrected chi connectivity index (χ4v) is 5.75. The van der Waals surface area contributed by atoms with Crippen molar-refractivity contribution in [2.75, 3.05) is 5.75 Å². The molecule has 2 atom stereocenters. The molecule has 2 aromatic carbocycles. The molecule has 2 heterocycles. The van der Waals surface area contributed by atoms with Crippen molar-refractivity contribution in [1.82, 2.24) is 10.2 Å². The highest BCUT2D eigenvalue weighted by atomic mass is 32.2. The van der Waals surface area contributed by atoms with Crippen molar-refractivity contribution in [2.45, 2.75) is 17.0 Å². The Morgan fingerprint density at radius 2 is 1.63 bits per heavy atom. The second-order valence-electron chi connectivity index (χ2n) is 7.96. The van der Waals surface area contributed by atoms with Crippen molar-refractivity contribution < 1.29 is 44.9 Å². The highest BCUT2D eigenvalue weighted by molar-refractivity contribution is 8.00. The fraction of sp³-hybridized carbons (Fsp3) is 0.208. The molecule has 0 bridgehead atoms. The third-order valence-corrected chi connectivity index (χ3v) is 7.82. The van der Waals surface area contributed by atoms with Crippen LogP contribution in [-0.4, -0.2) is 47.7 Å². The van der Waals surface area contributed by atoms with Crippen LogP contribution in [0.3, 0.4) is 0 Å². The minimum atomic E-state index is -6.18. The molecule has 14 heteroatoms. The SMILES string of the molecule is C=CNC(=O)C1C(=O)N2C(C(=O)OC(c3ccccc3)c3ccccc3)=C(OS(=O)(=O)C(F)(F)F)CSC12. The molecule has 200 valence electrons. The Hall–Kier alpha value is -3.78. The van der Waals surface area contributed by atoms with Gasteiger partial charge in [0.1, 0.15) is 11.3 Å². The Labute approximate surface area is 219 Å². The van der Waals surface area contributed by atoms with Gasteiger partial charge >= 0.3 is 21.6 Å². The van der Waals surface area contributed by atoms with Gasteiger partial charge in [0.05, 0.1) is 5.75 Å². The summed E-state index contributed by atoms with van der Waals surface area (Å²) in [5.41, 5.74) is -5.62. The molecule has 0 radical (unpaired) electrons. The van der Waals surface area contributed by atoms with Gasteiger partial charge in [0.25, 0.3) is 0 Å². The fourth-order valence-electron chi connectivity index (χ4n) is 3.87. The maximum Gasteiger partial charge on any atom is 0.534 e. The zero-order chi connectivity index (χ0) is 27.7. The van der Waals surface area contributed by atoms with E-state index in [1.54, 1.807) is 60.7 Å². The molecule has 2 amide bonds. The predicted molar refractivity (Wildman–Crippen MR) is 129 cm³/mol. The van der Waals surface area contributed by atoms with Crippen molar-refractivity contribution in [3.05, 3.63) is 96.0 Å². The number of amides is 2. The van der Waals surface area contributed by atoms with E-state index in [4.69, 9.17) is 4.74 Å². The Kier molecular flexibility index (Phi) is 7.56. The molecule has 1 N–H and O–H groups in total. The van der Waals surface area contributed by atoms with Gasteiger partial charge in [-0.2, -0.15) is 21.6 Å². The van der Waals surface area contributed by atoms with E-state index in [9.17, 15) is 36.0 Å². The molecule has 1 fully saturated rings. The maximum absolute atomic E-state index is 13.5. The molecule has 0 spiro atoms. The zero-order valence-electron chi connectivity index (χ0n) is 19.3. The van der Waals surface area contributed by atoms with Crippen LogP contribution in [0.2, 0.25) is 0 Å². The van der Waals surface area contributed by atoms with Gasteiger partial charge in [-0.15, -0.1) is 11.8 Å². The van der Waals surface area contributed by atoms with Gasteiger partial charge in [0, 0.05) is 0 Å². The van der Waals surface area contributed by atoms with Crippen molar-refractivity contribution in [3.63, 3.8) is 0 Å². The van der Waals surface area contributed by atoms with Crippen LogP contribution in [-0.2, 0) is 33.4 Å². The van der Waals surface area contributed by atoms with Crippen LogP contribution in [0.5, 0.6) is 0 Å². The number of thioether (sulfide) groups is 1. The molecule has 4 rings (SSSR count). The maximum atomic E-state index is 13.5. The highest BCUT2D eigenvalue weighted by Gasteiger charge is 2.59. The number of benzene rings is 2. The summed E-state index contributed by atoms with van der Waals surface area (Å²) in [7, 11) is -6.18. The number of carbonyl (C=O) groups is 3. The van der Waals surface area contributed by atoms with Crippen molar-refractivity contribution in [3.8, 4) is 0 Å².